The van der Waals surface area contributed by atoms with E-state index in [1.54, 1.807) is 24.9 Å². The van der Waals surface area contributed by atoms with Gasteiger partial charge < -0.3 is 15.3 Å². The normalized spacial score (nSPS) is 22.8. The zero-order valence-electron chi connectivity index (χ0n) is 21.7. The van der Waals surface area contributed by atoms with Gasteiger partial charge >= 0.3 is 5.97 Å². The summed E-state index contributed by atoms with van der Waals surface area (Å²) in [4.78, 5) is 42.5. The van der Waals surface area contributed by atoms with Gasteiger partial charge in [-0.15, -0.1) is 0 Å². The second-order valence-corrected chi connectivity index (χ2v) is 11.3. The van der Waals surface area contributed by atoms with E-state index in [2.05, 4.69) is 10.2 Å². The predicted octanol–water partition coefficient (Wildman–Crippen LogP) is 3.83. The minimum Gasteiger partial charge on any atom is -0.478 e. The summed E-state index contributed by atoms with van der Waals surface area (Å²) in [6.07, 6.45) is 9.37. The highest BCUT2D eigenvalue weighted by Gasteiger charge is 2.40. The number of likely N-dealkylation sites (tertiary alicyclic amines) is 1. The average molecular weight is 464 g/mol. The molecule has 0 radical (unpaired) electrons. The van der Waals surface area contributed by atoms with Gasteiger partial charge in [0, 0.05) is 18.7 Å². The van der Waals surface area contributed by atoms with Crippen LogP contribution in [-0.4, -0.2) is 70.4 Å². The van der Waals surface area contributed by atoms with Gasteiger partial charge in [0.25, 0.3) is 0 Å². The van der Waals surface area contributed by atoms with Crippen molar-refractivity contribution in [3.8, 4) is 0 Å². The molecule has 7 heteroatoms. The second-order valence-electron chi connectivity index (χ2n) is 11.3. The van der Waals surface area contributed by atoms with Gasteiger partial charge in [-0.3, -0.25) is 14.5 Å². The number of carboxylic acids is 1. The number of hydrogen-bond acceptors (Lipinski definition) is 4. The van der Waals surface area contributed by atoms with E-state index < -0.39 is 17.4 Å². The molecule has 0 aromatic rings. The fourth-order valence-electron chi connectivity index (χ4n) is 5.22. The maximum Gasteiger partial charge on any atom is 0.331 e. The molecule has 3 atom stereocenters. The largest absolute Gasteiger partial charge is 0.478 e. The highest BCUT2D eigenvalue weighted by atomic mass is 16.4. The van der Waals surface area contributed by atoms with Gasteiger partial charge in [-0.25, -0.2) is 4.79 Å². The van der Waals surface area contributed by atoms with Crippen molar-refractivity contribution in [3.05, 3.63) is 11.6 Å². The fraction of sp³-hybridized carbons (Fsp3) is 0.808. The fourth-order valence-corrected chi connectivity index (χ4v) is 5.22. The lowest BCUT2D eigenvalue weighted by molar-refractivity contribution is -0.142. The summed E-state index contributed by atoms with van der Waals surface area (Å²) in [5, 5.41) is 12.4. The number of rotatable bonds is 8. The molecule has 0 aromatic heterocycles. The molecule has 1 saturated carbocycles. The second kappa shape index (κ2) is 11.5. The molecule has 0 spiro atoms. The first kappa shape index (κ1) is 27.4. The van der Waals surface area contributed by atoms with E-state index in [1.807, 2.05) is 34.6 Å². The van der Waals surface area contributed by atoms with Crippen molar-refractivity contribution in [2.24, 2.45) is 11.3 Å². The van der Waals surface area contributed by atoms with Gasteiger partial charge in [0.15, 0.2) is 0 Å². The van der Waals surface area contributed by atoms with Gasteiger partial charge in [0.05, 0.1) is 12.1 Å². The Morgan fingerprint density at radius 3 is 2.15 bits per heavy atom. The maximum absolute atomic E-state index is 13.7. The van der Waals surface area contributed by atoms with Crippen LogP contribution in [0, 0.1) is 11.3 Å². The quantitative estimate of drug-likeness (QED) is 0.534. The summed E-state index contributed by atoms with van der Waals surface area (Å²) in [5.41, 5.74) is -0.278. The molecule has 3 unspecified atom stereocenters. The monoisotopic (exact) mass is 463 g/mol. The van der Waals surface area contributed by atoms with Gasteiger partial charge in [-0.1, -0.05) is 60.0 Å². The van der Waals surface area contributed by atoms with Crippen LogP contribution < -0.4 is 5.32 Å². The van der Waals surface area contributed by atoms with Gasteiger partial charge in [0.2, 0.25) is 11.8 Å². The molecule has 7 nitrogen and oxygen atoms in total. The van der Waals surface area contributed by atoms with E-state index >= 15 is 0 Å². The minimum atomic E-state index is -0.994. The zero-order valence-corrected chi connectivity index (χ0v) is 21.7. The lowest BCUT2D eigenvalue weighted by atomic mass is 9.84. The zero-order chi connectivity index (χ0) is 24.9. The SMILES string of the molecule is C/C(=C\C(C(C)C)N(C)C(=O)C(NC(=O)C1CCCCN1C1CCCC1)C(C)(C)C)C(=O)O. The Kier molecular flexibility index (Phi) is 9.53. The highest BCUT2D eigenvalue weighted by molar-refractivity contribution is 5.91. The smallest absolute Gasteiger partial charge is 0.331 e. The third-order valence-corrected chi connectivity index (χ3v) is 7.28. The Balaban J connectivity index is 2.23. The van der Waals surface area contributed by atoms with E-state index in [9.17, 15) is 19.5 Å². The van der Waals surface area contributed by atoms with Gasteiger partial charge in [0.1, 0.15) is 6.04 Å². The van der Waals surface area contributed by atoms with Crippen molar-refractivity contribution in [1.29, 1.82) is 0 Å². The minimum absolute atomic E-state index is 0.0285. The highest BCUT2D eigenvalue weighted by Crippen LogP contribution is 2.30. The Bertz CT molecular complexity index is 734. The summed E-state index contributed by atoms with van der Waals surface area (Å²) >= 11 is 0. The van der Waals surface area contributed by atoms with Crippen molar-refractivity contribution < 1.29 is 19.5 Å². The third-order valence-electron chi connectivity index (χ3n) is 7.28. The Morgan fingerprint density at radius 1 is 1.06 bits per heavy atom. The summed E-state index contributed by atoms with van der Waals surface area (Å²) in [5.74, 6) is -1.21. The van der Waals surface area contributed by atoms with E-state index in [4.69, 9.17) is 0 Å². The van der Waals surface area contributed by atoms with Crippen LogP contribution in [0.4, 0.5) is 0 Å². The Labute approximate surface area is 200 Å². The molecule has 2 aliphatic rings. The van der Waals surface area contributed by atoms with Crippen LogP contribution in [-0.2, 0) is 14.4 Å². The number of likely N-dealkylation sites (N-methyl/N-ethyl adjacent to an activating group) is 1. The molecule has 1 heterocycles. The summed E-state index contributed by atoms with van der Waals surface area (Å²) < 4.78 is 0. The van der Waals surface area contributed by atoms with Crippen LogP contribution in [0.3, 0.4) is 0 Å². The van der Waals surface area contributed by atoms with Crippen molar-refractivity contribution in [1.82, 2.24) is 15.1 Å². The van der Waals surface area contributed by atoms with Crippen LogP contribution in [0.5, 0.6) is 0 Å². The van der Waals surface area contributed by atoms with Crippen LogP contribution in [0.2, 0.25) is 0 Å². The van der Waals surface area contributed by atoms with Crippen LogP contribution in [0.15, 0.2) is 11.6 Å². The Morgan fingerprint density at radius 2 is 1.64 bits per heavy atom. The van der Waals surface area contributed by atoms with Crippen molar-refractivity contribution in [2.45, 2.75) is 111 Å². The van der Waals surface area contributed by atoms with Crippen molar-refractivity contribution >= 4 is 17.8 Å². The number of nitrogens with zero attached hydrogens (tertiary/aromatic N) is 2. The first-order chi connectivity index (χ1) is 15.3. The lowest BCUT2D eigenvalue weighted by Gasteiger charge is -2.41. The molecule has 2 rings (SSSR count). The number of aliphatic carboxylic acids is 1. The molecular weight excluding hydrogens is 418 g/mol. The van der Waals surface area contributed by atoms with E-state index in [0.717, 1.165) is 38.6 Å². The maximum atomic E-state index is 13.7. The summed E-state index contributed by atoms with van der Waals surface area (Å²) in [7, 11) is 1.70. The molecule has 188 valence electrons. The molecule has 2 fully saturated rings. The molecular formula is C26H45N3O4. The van der Waals surface area contributed by atoms with Gasteiger partial charge in [-0.05, 0) is 50.5 Å². The molecule has 1 aliphatic heterocycles. The molecule has 0 bridgehead atoms. The van der Waals surface area contributed by atoms with E-state index in [0.29, 0.717) is 6.04 Å². The first-order valence-electron chi connectivity index (χ1n) is 12.6. The predicted molar refractivity (Wildman–Crippen MR) is 131 cm³/mol. The average Bonchev–Trinajstić information content (AvgIpc) is 3.28. The van der Waals surface area contributed by atoms with E-state index in [-0.39, 0.29) is 35.4 Å². The number of hydrogen-bond donors (Lipinski definition) is 2. The summed E-state index contributed by atoms with van der Waals surface area (Å²) in [6.45, 7) is 12.3. The first-order valence-corrected chi connectivity index (χ1v) is 12.6. The van der Waals surface area contributed by atoms with Crippen LogP contribution in [0.25, 0.3) is 0 Å². The third kappa shape index (κ3) is 7.05. The summed E-state index contributed by atoms with van der Waals surface area (Å²) in [6, 6.07) is -0.774. The number of carbonyl (C=O) groups is 3. The molecule has 2 N–H and O–H groups in total. The van der Waals surface area contributed by atoms with E-state index in [1.165, 1.54) is 12.8 Å². The number of amides is 2. The standard InChI is InChI=1S/C26H45N3O4/c1-17(2)21(16-18(3)25(32)33)28(7)24(31)22(26(4,5)6)27-23(30)20-14-10-11-15-29(20)19-12-8-9-13-19/h16-17,19-22H,8-15H2,1-7H3,(H,27,30)(H,32,33)/b18-16+. The van der Waals surface area contributed by atoms with Crippen molar-refractivity contribution in [3.63, 3.8) is 0 Å². The van der Waals surface area contributed by atoms with Gasteiger partial charge in [-0.2, -0.15) is 0 Å². The molecule has 2 amide bonds. The number of carbonyl (C=O) groups excluding carboxylic acids is 2. The molecule has 33 heavy (non-hydrogen) atoms. The Hall–Kier alpha value is -1.89. The van der Waals surface area contributed by atoms with Crippen LogP contribution >= 0.6 is 0 Å². The number of carboxylic acid groups (broad SMARTS) is 1. The molecule has 1 aliphatic carbocycles. The number of piperidine rings is 1. The topological polar surface area (TPSA) is 90.0 Å². The number of nitrogens with one attached hydrogen (secondary N) is 1. The molecule has 1 saturated heterocycles. The van der Waals surface area contributed by atoms with Crippen LogP contribution in [0.1, 0.15) is 86.5 Å². The van der Waals surface area contributed by atoms with Crippen molar-refractivity contribution in [2.75, 3.05) is 13.6 Å². The molecule has 0 aromatic carbocycles. The lowest BCUT2D eigenvalue weighted by Crippen LogP contribution is -2.60.